The number of sulfonamides is 1. The number of esters is 1. The molecule has 1 heterocycles. The maximum atomic E-state index is 12.0. The normalized spacial score (nSPS) is 12.4. The first-order valence-electron chi connectivity index (χ1n) is 4.98. The highest BCUT2D eigenvalue weighted by molar-refractivity contribution is 7.91. The maximum absolute atomic E-state index is 12.0. The molecule has 9 heteroatoms. The van der Waals surface area contributed by atoms with Crippen molar-refractivity contribution in [3.05, 3.63) is 11.2 Å². The summed E-state index contributed by atoms with van der Waals surface area (Å²) in [6.45, 7) is 3.42. The number of hydrogen-bond acceptors (Lipinski definition) is 7. The van der Waals surface area contributed by atoms with Crippen molar-refractivity contribution in [2.75, 3.05) is 13.7 Å². The molecule has 0 aromatic carbocycles. The van der Waals surface area contributed by atoms with E-state index in [-0.39, 0.29) is 16.4 Å². The van der Waals surface area contributed by atoms with Gasteiger partial charge in [0.2, 0.25) is 0 Å². The first kappa shape index (κ1) is 15.0. The predicted molar refractivity (Wildman–Crippen MR) is 66.9 cm³/mol. The zero-order valence-electron chi connectivity index (χ0n) is 10.3. The minimum absolute atomic E-state index is 0.0495. The molecule has 0 bridgehead atoms. The Labute approximate surface area is 109 Å². The molecule has 102 valence electrons. The molecule has 1 aromatic heterocycles. The largest absolute Gasteiger partial charge is 0.464 e. The van der Waals surface area contributed by atoms with Crippen LogP contribution in [0.1, 0.15) is 24.3 Å². The summed E-state index contributed by atoms with van der Waals surface area (Å²) in [6.07, 6.45) is 0. The van der Waals surface area contributed by atoms with Gasteiger partial charge >= 0.3 is 5.97 Å². The lowest BCUT2D eigenvalue weighted by molar-refractivity contribution is 0.0590. The van der Waals surface area contributed by atoms with Crippen LogP contribution in [0.15, 0.2) is 9.72 Å². The highest BCUT2D eigenvalue weighted by Gasteiger charge is 2.27. The first-order valence-corrected chi connectivity index (χ1v) is 7.34. The Hall–Kier alpha value is -1.03. The van der Waals surface area contributed by atoms with E-state index in [1.165, 1.54) is 5.51 Å². The Kier molecular flexibility index (Phi) is 4.43. The van der Waals surface area contributed by atoms with Gasteiger partial charge in [0, 0.05) is 12.1 Å². The second-order valence-corrected chi connectivity index (χ2v) is 7.11. The zero-order chi connectivity index (χ0) is 14.0. The van der Waals surface area contributed by atoms with E-state index in [1.807, 2.05) is 0 Å². The van der Waals surface area contributed by atoms with Crippen molar-refractivity contribution in [2.45, 2.75) is 23.6 Å². The topological polar surface area (TPSA) is 111 Å². The molecule has 0 spiro atoms. The molecule has 18 heavy (non-hydrogen) atoms. The van der Waals surface area contributed by atoms with E-state index < -0.39 is 21.5 Å². The fourth-order valence-corrected chi connectivity index (χ4v) is 3.40. The summed E-state index contributed by atoms with van der Waals surface area (Å²) >= 11 is 0.848. The van der Waals surface area contributed by atoms with Crippen LogP contribution in [0.25, 0.3) is 0 Å². The second kappa shape index (κ2) is 5.31. The number of carbonyl (C=O) groups is 1. The van der Waals surface area contributed by atoms with E-state index in [2.05, 4.69) is 14.4 Å². The monoisotopic (exact) mass is 293 g/mol. The molecule has 0 fully saturated rings. The van der Waals surface area contributed by atoms with E-state index in [0.29, 0.717) is 0 Å². The van der Waals surface area contributed by atoms with Crippen molar-refractivity contribution in [1.29, 1.82) is 0 Å². The summed E-state index contributed by atoms with van der Waals surface area (Å²) in [5.74, 6) is -0.788. The Morgan fingerprint density at radius 2 is 2.22 bits per heavy atom. The van der Waals surface area contributed by atoms with E-state index in [1.54, 1.807) is 13.8 Å². The number of rotatable bonds is 5. The van der Waals surface area contributed by atoms with E-state index >= 15 is 0 Å². The molecule has 1 aromatic rings. The molecule has 0 saturated carbocycles. The van der Waals surface area contributed by atoms with Crippen LogP contribution in [0.5, 0.6) is 0 Å². The fourth-order valence-electron chi connectivity index (χ4n) is 1.01. The van der Waals surface area contributed by atoms with Gasteiger partial charge in [-0.1, -0.05) is 0 Å². The molecular formula is C9H15N3O4S2. The number of methoxy groups -OCH3 is 1. The summed E-state index contributed by atoms with van der Waals surface area (Å²) in [5, 5.41) is 0. The summed E-state index contributed by atoms with van der Waals surface area (Å²) in [5.41, 5.74) is 6.05. The molecule has 7 nitrogen and oxygen atoms in total. The average molecular weight is 293 g/mol. The van der Waals surface area contributed by atoms with Crippen LogP contribution >= 0.6 is 11.3 Å². The van der Waals surface area contributed by atoms with Crippen molar-refractivity contribution in [1.82, 2.24) is 9.71 Å². The molecule has 0 aliphatic heterocycles. The predicted octanol–water partition coefficient (Wildman–Crippen LogP) is -0.0547. The van der Waals surface area contributed by atoms with E-state index in [4.69, 9.17) is 5.73 Å². The summed E-state index contributed by atoms with van der Waals surface area (Å²) in [6, 6.07) is 0. The third kappa shape index (κ3) is 3.73. The van der Waals surface area contributed by atoms with Gasteiger partial charge in [-0.05, 0) is 13.8 Å². The Bertz CT molecular complexity index is 530. The number of hydrogen-bond donors (Lipinski definition) is 2. The number of carbonyl (C=O) groups excluding carboxylic acids is 1. The quantitative estimate of drug-likeness (QED) is 0.736. The highest BCUT2D eigenvalue weighted by atomic mass is 32.2. The maximum Gasteiger partial charge on any atom is 0.358 e. The van der Waals surface area contributed by atoms with Gasteiger partial charge in [0.25, 0.3) is 10.0 Å². The molecule has 1 rings (SSSR count). The lowest BCUT2D eigenvalue weighted by Gasteiger charge is -2.18. The number of aromatic nitrogens is 1. The molecule has 0 aliphatic rings. The smallest absolute Gasteiger partial charge is 0.358 e. The number of nitrogens with two attached hydrogens (primary N) is 1. The van der Waals surface area contributed by atoms with Crippen LogP contribution in [-0.4, -0.2) is 38.6 Å². The third-order valence-corrected chi connectivity index (χ3v) is 4.65. The van der Waals surface area contributed by atoms with Crippen LogP contribution in [-0.2, 0) is 14.8 Å². The lowest BCUT2D eigenvalue weighted by atomic mass is 10.1. The fraction of sp³-hybridized carbons (Fsp3) is 0.556. The van der Waals surface area contributed by atoms with Crippen molar-refractivity contribution in [3.63, 3.8) is 0 Å². The standard InChI is InChI=1S/C9H15N3O4S2/c1-9(2,10)4-12-18(14,15)8-6(7(13)16-3)11-5-17-8/h5,12H,4,10H2,1-3H3. The minimum Gasteiger partial charge on any atom is -0.464 e. The van der Waals surface area contributed by atoms with Gasteiger partial charge in [-0.3, -0.25) is 0 Å². The highest BCUT2D eigenvalue weighted by Crippen LogP contribution is 2.20. The van der Waals surface area contributed by atoms with Gasteiger partial charge in [-0.15, -0.1) is 11.3 Å². The Morgan fingerprint density at radius 3 is 2.72 bits per heavy atom. The van der Waals surface area contributed by atoms with Gasteiger partial charge in [-0.2, -0.15) is 0 Å². The van der Waals surface area contributed by atoms with Gasteiger partial charge in [0.1, 0.15) is 0 Å². The van der Waals surface area contributed by atoms with Crippen LogP contribution in [0.2, 0.25) is 0 Å². The number of thiazole rings is 1. The average Bonchev–Trinajstić information content (AvgIpc) is 2.74. The lowest BCUT2D eigenvalue weighted by Crippen LogP contribution is -2.45. The zero-order valence-corrected chi connectivity index (χ0v) is 11.9. The number of ether oxygens (including phenoxy) is 1. The molecule has 0 unspecified atom stereocenters. The third-order valence-electron chi connectivity index (χ3n) is 1.88. The van der Waals surface area contributed by atoms with E-state index in [0.717, 1.165) is 18.4 Å². The van der Waals surface area contributed by atoms with Crippen molar-refractivity contribution >= 4 is 27.3 Å². The molecule has 0 radical (unpaired) electrons. The van der Waals surface area contributed by atoms with Gasteiger partial charge < -0.3 is 10.5 Å². The Balaban J connectivity index is 2.99. The second-order valence-electron chi connectivity index (χ2n) is 4.29. The van der Waals surface area contributed by atoms with Crippen LogP contribution in [0.4, 0.5) is 0 Å². The van der Waals surface area contributed by atoms with Crippen LogP contribution in [0, 0.1) is 0 Å². The molecular weight excluding hydrogens is 278 g/mol. The van der Waals surface area contributed by atoms with Crippen molar-refractivity contribution in [3.8, 4) is 0 Å². The SMILES string of the molecule is COC(=O)c1ncsc1S(=O)(=O)NCC(C)(C)N. The van der Waals surface area contributed by atoms with Gasteiger partial charge in [0.05, 0.1) is 12.6 Å². The molecule has 0 aliphatic carbocycles. The number of nitrogens with zero attached hydrogens (tertiary/aromatic N) is 1. The molecule has 3 N–H and O–H groups in total. The Morgan fingerprint density at radius 1 is 1.61 bits per heavy atom. The van der Waals surface area contributed by atoms with Crippen LogP contribution < -0.4 is 10.5 Å². The number of nitrogens with one attached hydrogen (secondary N) is 1. The summed E-state index contributed by atoms with van der Waals surface area (Å²) < 4.78 is 30.6. The van der Waals surface area contributed by atoms with Crippen LogP contribution in [0.3, 0.4) is 0 Å². The molecule has 0 saturated heterocycles. The van der Waals surface area contributed by atoms with Gasteiger partial charge in [0.15, 0.2) is 9.90 Å². The summed E-state index contributed by atoms with van der Waals surface area (Å²) in [4.78, 5) is 15.0. The van der Waals surface area contributed by atoms with Crippen molar-refractivity contribution in [2.24, 2.45) is 5.73 Å². The van der Waals surface area contributed by atoms with Gasteiger partial charge in [-0.25, -0.2) is 22.9 Å². The van der Waals surface area contributed by atoms with E-state index in [9.17, 15) is 13.2 Å². The molecule has 0 amide bonds. The first-order chi connectivity index (χ1) is 8.17. The molecule has 0 atom stereocenters. The van der Waals surface area contributed by atoms with Crippen molar-refractivity contribution < 1.29 is 17.9 Å². The summed E-state index contributed by atoms with van der Waals surface area (Å²) in [7, 11) is -2.65. The minimum atomic E-state index is -3.81.